The number of hydrogen-bond acceptors (Lipinski definition) is 2. The second kappa shape index (κ2) is 4.06. The van der Waals surface area contributed by atoms with Crippen LogP contribution in [0, 0.1) is 28.6 Å². The Morgan fingerprint density at radius 1 is 1.60 bits per heavy atom. The number of aliphatic carboxylic acids is 1. The third-order valence-corrected chi connectivity index (χ3v) is 3.22. The lowest BCUT2D eigenvalue weighted by molar-refractivity contribution is -0.139. The molecule has 0 aliphatic heterocycles. The summed E-state index contributed by atoms with van der Waals surface area (Å²) in [4.78, 5) is 10.9. The topological polar surface area (TPSA) is 61.1 Å². The molecule has 1 aliphatic rings. The summed E-state index contributed by atoms with van der Waals surface area (Å²) in [5.41, 5.74) is 0.529. The number of nitrogens with zero attached hydrogens (tertiary/aromatic N) is 1. The van der Waals surface area contributed by atoms with Gasteiger partial charge in [0.25, 0.3) is 0 Å². The molecule has 0 aromatic rings. The lowest BCUT2D eigenvalue weighted by atomic mass is 10.1. The van der Waals surface area contributed by atoms with E-state index >= 15 is 0 Å². The second-order valence-electron chi connectivity index (χ2n) is 4.72. The van der Waals surface area contributed by atoms with Gasteiger partial charge in [-0.05, 0) is 17.8 Å². The molecule has 1 fully saturated rings. The fourth-order valence-corrected chi connectivity index (χ4v) is 2.12. The molecule has 2 unspecified atom stereocenters. The van der Waals surface area contributed by atoms with Crippen molar-refractivity contribution in [3.05, 3.63) is 11.6 Å². The number of rotatable bonds is 4. The molecule has 3 heteroatoms. The van der Waals surface area contributed by atoms with Gasteiger partial charge >= 0.3 is 5.97 Å². The fourth-order valence-electron chi connectivity index (χ4n) is 2.12. The van der Waals surface area contributed by atoms with E-state index in [0.29, 0.717) is 0 Å². The van der Waals surface area contributed by atoms with Gasteiger partial charge in [0.1, 0.15) is 0 Å². The van der Waals surface area contributed by atoms with E-state index in [-0.39, 0.29) is 17.3 Å². The number of allylic oxidation sites excluding steroid dienone is 2. The molecular formula is C12H17NO2. The zero-order chi connectivity index (χ0) is 11.6. The number of hydrogen-bond donors (Lipinski definition) is 1. The van der Waals surface area contributed by atoms with Crippen LogP contribution in [0.4, 0.5) is 0 Å². The highest BCUT2D eigenvalue weighted by atomic mass is 16.4. The lowest BCUT2D eigenvalue weighted by Gasteiger charge is -1.98. The third-order valence-electron chi connectivity index (χ3n) is 3.22. The molecule has 15 heavy (non-hydrogen) atoms. The summed E-state index contributed by atoms with van der Waals surface area (Å²) in [5, 5.41) is 17.8. The average Bonchev–Trinajstić information content (AvgIpc) is 2.67. The molecule has 1 aliphatic carbocycles. The molecule has 0 bridgehead atoms. The van der Waals surface area contributed by atoms with Gasteiger partial charge in [-0.25, -0.2) is 0 Å². The van der Waals surface area contributed by atoms with Crippen LogP contribution in [0.1, 0.15) is 33.6 Å². The van der Waals surface area contributed by atoms with Gasteiger partial charge in [-0.1, -0.05) is 33.3 Å². The molecule has 1 rings (SSSR count). The Labute approximate surface area is 90.4 Å². The van der Waals surface area contributed by atoms with Crippen molar-refractivity contribution < 1.29 is 9.90 Å². The number of carboxylic acid groups (broad SMARTS) is 1. The van der Waals surface area contributed by atoms with Crippen molar-refractivity contribution in [3.63, 3.8) is 0 Å². The van der Waals surface area contributed by atoms with Crippen molar-refractivity contribution in [2.75, 3.05) is 0 Å². The molecule has 0 radical (unpaired) electrons. The SMILES string of the molecule is CCC/C(C#N)=C/C1C(C(=O)O)C1(C)C. The minimum Gasteiger partial charge on any atom is -0.481 e. The molecule has 82 valence electrons. The van der Waals surface area contributed by atoms with Crippen molar-refractivity contribution in [2.24, 2.45) is 17.3 Å². The van der Waals surface area contributed by atoms with Crippen molar-refractivity contribution in [3.8, 4) is 6.07 Å². The van der Waals surface area contributed by atoms with Gasteiger partial charge in [0.15, 0.2) is 0 Å². The first-order chi connectivity index (χ1) is 6.95. The third kappa shape index (κ3) is 2.20. The van der Waals surface area contributed by atoms with Crippen LogP contribution in [-0.4, -0.2) is 11.1 Å². The molecule has 0 amide bonds. The van der Waals surface area contributed by atoms with Crippen molar-refractivity contribution in [1.29, 1.82) is 5.26 Å². The number of carbonyl (C=O) groups is 1. The Balaban J connectivity index is 2.76. The standard InChI is InChI=1S/C12H17NO2/c1-4-5-8(7-13)6-9-10(11(14)15)12(9,2)3/h6,9-10H,4-5H2,1-3H3,(H,14,15)/b8-6-. The largest absolute Gasteiger partial charge is 0.481 e. The van der Waals surface area contributed by atoms with Gasteiger partial charge < -0.3 is 5.11 Å². The van der Waals surface area contributed by atoms with Gasteiger partial charge in [0.05, 0.1) is 12.0 Å². The average molecular weight is 207 g/mol. The summed E-state index contributed by atoms with van der Waals surface area (Å²) in [6, 6.07) is 2.14. The molecule has 1 N–H and O–H groups in total. The van der Waals surface area contributed by atoms with E-state index in [0.717, 1.165) is 18.4 Å². The summed E-state index contributed by atoms with van der Waals surface area (Å²) < 4.78 is 0. The molecule has 0 aromatic carbocycles. The van der Waals surface area contributed by atoms with Gasteiger partial charge in [-0.2, -0.15) is 5.26 Å². The monoisotopic (exact) mass is 207 g/mol. The highest BCUT2D eigenvalue weighted by Gasteiger charge is 2.60. The molecule has 0 spiro atoms. The van der Waals surface area contributed by atoms with E-state index in [9.17, 15) is 4.79 Å². The maximum absolute atomic E-state index is 10.9. The summed E-state index contributed by atoms with van der Waals surface area (Å²) >= 11 is 0. The molecule has 1 saturated carbocycles. The first-order valence-electron chi connectivity index (χ1n) is 5.28. The maximum atomic E-state index is 10.9. The van der Waals surface area contributed by atoms with E-state index in [2.05, 4.69) is 6.07 Å². The quantitative estimate of drug-likeness (QED) is 0.721. The predicted octanol–water partition coefficient (Wildman–Crippen LogP) is 2.59. The second-order valence-corrected chi connectivity index (χ2v) is 4.72. The van der Waals surface area contributed by atoms with Crippen LogP contribution in [0.5, 0.6) is 0 Å². The first-order valence-corrected chi connectivity index (χ1v) is 5.28. The molecular weight excluding hydrogens is 190 g/mol. The minimum absolute atomic E-state index is 0.0243. The first kappa shape index (κ1) is 11.8. The van der Waals surface area contributed by atoms with E-state index in [1.54, 1.807) is 0 Å². The van der Waals surface area contributed by atoms with Crippen molar-refractivity contribution >= 4 is 5.97 Å². The van der Waals surface area contributed by atoms with Gasteiger partial charge in [-0.3, -0.25) is 4.79 Å². The minimum atomic E-state index is -0.755. The van der Waals surface area contributed by atoms with Crippen LogP contribution in [0.15, 0.2) is 11.6 Å². The van der Waals surface area contributed by atoms with Crippen molar-refractivity contribution in [1.82, 2.24) is 0 Å². The van der Waals surface area contributed by atoms with Crippen LogP contribution >= 0.6 is 0 Å². The van der Waals surface area contributed by atoms with Crippen molar-refractivity contribution in [2.45, 2.75) is 33.6 Å². The number of carboxylic acids is 1. The van der Waals surface area contributed by atoms with Gasteiger partial charge in [0.2, 0.25) is 0 Å². The summed E-state index contributed by atoms with van der Waals surface area (Å²) in [7, 11) is 0. The Morgan fingerprint density at radius 3 is 2.53 bits per heavy atom. The van der Waals surface area contributed by atoms with Crippen LogP contribution < -0.4 is 0 Å². The smallest absolute Gasteiger partial charge is 0.307 e. The summed E-state index contributed by atoms with van der Waals surface area (Å²) in [5.74, 6) is -1.05. The van der Waals surface area contributed by atoms with Crippen LogP contribution in [0.3, 0.4) is 0 Å². The fraction of sp³-hybridized carbons (Fsp3) is 0.667. The molecule has 0 heterocycles. The Hall–Kier alpha value is -1.30. The highest BCUT2D eigenvalue weighted by Crippen LogP contribution is 2.59. The number of nitriles is 1. The van der Waals surface area contributed by atoms with Crippen LogP contribution in [0.25, 0.3) is 0 Å². The molecule has 3 nitrogen and oxygen atoms in total. The summed E-state index contributed by atoms with van der Waals surface area (Å²) in [6.07, 6.45) is 3.52. The van der Waals surface area contributed by atoms with Crippen LogP contribution in [0.2, 0.25) is 0 Å². The lowest BCUT2D eigenvalue weighted by Crippen LogP contribution is -2.03. The molecule has 0 aromatic heterocycles. The van der Waals surface area contributed by atoms with E-state index in [1.165, 1.54) is 0 Å². The zero-order valence-electron chi connectivity index (χ0n) is 9.45. The normalized spacial score (nSPS) is 28.3. The Kier molecular flexibility index (Phi) is 3.18. The predicted molar refractivity (Wildman–Crippen MR) is 57.0 cm³/mol. The van der Waals surface area contributed by atoms with Gasteiger partial charge in [0, 0.05) is 5.57 Å². The Morgan fingerprint density at radius 2 is 2.20 bits per heavy atom. The molecule has 2 atom stereocenters. The highest BCUT2D eigenvalue weighted by molar-refractivity contribution is 5.76. The zero-order valence-corrected chi connectivity index (χ0v) is 9.45. The summed E-state index contributed by atoms with van der Waals surface area (Å²) in [6.45, 7) is 5.89. The van der Waals surface area contributed by atoms with E-state index in [1.807, 2.05) is 26.8 Å². The van der Waals surface area contributed by atoms with Gasteiger partial charge in [-0.15, -0.1) is 0 Å². The van der Waals surface area contributed by atoms with E-state index < -0.39 is 5.97 Å². The van der Waals surface area contributed by atoms with E-state index in [4.69, 9.17) is 10.4 Å². The Bertz CT molecular complexity index is 336. The van der Waals surface area contributed by atoms with Crippen LogP contribution in [-0.2, 0) is 4.79 Å². The molecule has 0 saturated heterocycles. The maximum Gasteiger partial charge on any atom is 0.307 e.